The zero-order valence-corrected chi connectivity index (χ0v) is 20.8. The first-order valence-corrected chi connectivity index (χ1v) is 13.8. The molecule has 0 saturated carbocycles. The molecule has 0 heteroatoms. The van der Waals surface area contributed by atoms with Crippen molar-refractivity contribution in [2.24, 2.45) is 0 Å². The van der Waals surface area contributed by atoms with Crippen molar-refractivity contribution in [2.75, 3.05) is 0 Å². The molecular formula is C30H54. The standard InChI is InChI=1S/C30H54/c1-3-5-7-9-11-13-15-17-19-21-23-25-27-29-30-28-26-24-22-20-18-16-14-12-10-8-6-4-2/h1H,4-8,10,12-30H2,2H3. The lowest BCUT2D eigenvalue weighted by atomic mass is 10.0. The molecule has 0 nitrogen and oxygen atoms in total. The van der Waals surface area contributed by atoms with Gasteiger partial charge in [0.2, 0.25) is 0 Å². The highest BCUT2D eigenvalue weighted by molar-refractivity contribution is 5.01. The van der Waals surface area contributed by atoms with Crippen molar-refractivity contribution in [2.45, 2.75) is 167 Å². The van der Waals surface area contributed by atoms with Crippen LogP contribution >= 0.6 is 0 Å². The van der Waals surface area contributed by atoms with Crippen LogP contribution in [0.2, 0.25) is 0 Å². The largest absolute Gasteiger partial charge is 0.120 e. The van der Waals surface area contributed by atoms with Crippen LogP contribution in [-0.2, 0) is 0 Å². The minimum absolute atomic E-state index is 0.798. The number of terminal acetylenes is 1. The Balaban J connectivity index is 3.03. The van der Waals surface area contributed by atoms with Gasteiger partial charge in [-0.15, -0.1) is 24.2 Å². The van der Waals surface area contributed by atoms with Crippen molar-refractivity contribution < 1.29 is 0 Å². The van der Waals surface area contributed by atoms with Gasteiger partial charge in [-0.2, -0.15) is 0 Å². The summed E-state index contributed by atoms with van der Waals surface area (Å²) in [4.78, 5) is 0. The maximum Gasteiger partial charge on any atom is 0.0198 e. The smallest absolute Gasteiger partial charge is 0.0198 e. The van der Waals surface area contributed by atoms with Gasteiger partial charge in [0, 0.05) is 19.3 Å². The summed E-state index contributed by atoms with van der Waals surface area (Å²) >= 11 is 0. The van der Waals surface area contributed by atoms with Crippen LogP contribution in [0.4, 0.5) is 0 Å². The van der Waals surface area contributed by atoms with Gasteiger partial charge in [0.05, 0.1) is 0 Å². The van der Waals surface area contributed by atoms with Crippen LogP contribution < -0.4 is 0 Å². The van der Waals surface area contributed by atoms with Crippen LogP contribution in [0, 0.1) is 24.2 Å². The van der Waals surface area contributed by atoms with Gasteiger partial charge in [0.1, 0.15) is 0 Å². The predicted octanol–water partition coefficient (Wildman–Crippen LogP) is 10.4. The maximum absolute atomic E-state index is 5.21. The normalized spacial score (nSPS) is 10.5. The van der Waals surface area contributed by atoms with Crippen LogP contribution in [0.5, 0.6) is 0 Å². The van der Waals surface area contributed by atoms with E-state index in [9.17, 15) is 0 Å². The highest BCUT2D eigenvalue weighted by Crippen LogP contribution is 2.15. The summed E-state index contributed by atoms with van der Waals surface area (Å²) in [6.07, 6.45) is 39.7. The van der Waals surface area contributed by atoms with E-state index in [1.807, 2.05) is 0 Å². The molecule has 0 spiro atoms. The Morgan fingerprint density at radius 1 is 0.367 bits per heavy atom. The van der Waals surface area contributed by atoms with E-state index in [-0.39, 0.29) is 0 Å². The lowest BCUT2D eigenvalue weighted by molar-refractivity contribution is 0.519. The average Bonchev–Trinajstić information content (AvgIpc) is 2.76. The molecule has 0 fully saturated rings. The highest BCUT2D eigenvalue weighted by Gasteiger charge is 1.95. The highest BCUT2D eigenvalue weighted by atomic mass is 14.0. The molecule has 0 rings (SSSR count). The first-order valence-electron chi connectivity index (χ1n) is 13.8. The summed E-state index contributed by atoms with van der Waals surface area (Å²) in [5.74, 6) is 9.03. The van der Waals surface area contributed by atoms with Gasteiger partial charge in [-0.25, -0.2) is 0 Å². The van der Waals surface area contributed by atoms with Gasteiger partial charge in [0.15, 0.2) is 0 Å². The van der Waals surface area contributed by atoms with Gasteiger partial charge in [-0.1, -0.05) is 142 Å². The second-order valence-electron chi connectivity index (χ2n) is 9.23. The van der Waals surface area contributed by atoms with Gasteiger partial charge in [-0.3, -0.25) is 0 Å². The van der Waals surface area contributed by atoms with Crippen molar-refractivity contribution in [3.8, 4) is 24.2 Å². The van der Waals surface area contributed by atoms with E-state index in [0.29, 0.717) is 0 Å². The molecule has 0 aromatic heterocycles. The molecule has 0 saturated heterocycles. The number of hydrogen-bond donors (Lipinski definition) is 0. The van der Waals surface area contributed by atoms with E-state index in [0.717, 1.165) is 19.3 Å². The summed E-state index contributed by atoms with van der Waals surface area (Å²) in [7, 11) is 0. The molecule has 0 N–H and O–H groups in total. The zero-order chi connectivity index (χ0) is 21.8. The van der Waals surface area contributed by atoms with Crippen LogP contribution in [0.1, 0.15) is 167 Å². The van der Waals surface area contributed by atoms with Crippen LogP contribution in [0.25, 0.3) is 0 Å². The van der Waals surface area contributed by atoms with Crippen molar-refractivity contribution in [1.82, 2.24) is 0 Å². The topological polar surface area (TPSA) is 0 Å². The first-order chi connectivity index (χ1) is 14.9. The Morgan fingerprint density at radius 2 is 0.667 bits per heavy atom. The third-order valence-corrected chi connectivity index (χ3v) is 6.17. The number of rotatable bonds is 23. The fourth-order valence-electron chi connectivity index (χ4n) is 4.13. The average molecular weight is 415 g/mol. The minimum Gasteiger partial charge on any atom is -0.120 e. The summed E-state index contributed by atoms with van der Waals surface area (Å²) in [5, 5.41) is 0. The first kappa shape index (κ1) is 29.1. The molecule has 0 heterocycles. The van der Waals surface area contributed by atoms with Gasteiger partial charge in [-0.05, 0) is 6.42 Å². The maximum atomic E-state index is 5.21. The Labute approximate surface area is 191 Å². The fraction of sp³-hybridized carbons (Fsp3) is 0.867. The molecule has 0 aromatic rings. The van der Waals surface area contributed by atoms with E-state index in [1.54, 1.807) is 0 Å². The third kappa shape index (κ3) is 27.1. The van der Waals surface area contributed by atoms with Crippen LogP contribution in [-0.4, -0.2) is 0 Å². The minimum atomic E-state index is 0.798. The second-order valence-corrected chi connectivity index (χ2v) is 9.23. The second kappa shape index (κ2) is 28.1. The summed E-state index contributed by atoms with van der Waals surface area (Å²) < 4.78 is 0. The Hall–Kier alpha value is -0.880. The molecule has 0 amide bonds. The molecule has 0 radical (unpaired) electrons. The Bertz CT molecular complexity index is 402. The predicted molar refractivity (Wildman–Crippen MR) is 138 cm³/mol. The molecular weight excluding hydrogens is 360 g/mol. The van der Waals surface area contributed by atoms with E-state index in [2.05, 4.69) is 24.7 Å². The molecule has 0 aliphatic carbocycles. The molecule has 0 aromatic carbocycles. The van der Waals surface area contributed by atoms with Gasteiger partial charge >= 0.3 is 0 Å². The van der Waals surface area contributed by atoms with E-state index < -0.39 is 0 Å². The lowest BCUT2D eigenvalue weighted by Gasteiger charge is -2.04. The number of hydrogen-bond acceptors (Lipinski definition) is 0. The van der Waals surface area contributed by atoms with E-state index in [1.165, 1.54) is 141 Å². The van der Waals surface area contributed by atoms with Crippen molar-refractivity contribution in [3.05, 3.63) is 0 Å². The third-order valence-electron chi connectivity index (χ3n) is 6.17. The molecule has 0 aliphatic heterocycles. The lowest BCUT2D eigenvalue weighted by Crippen LogP contribution is -1.84. The molecule has 0 bridgehead atoms. The Kier molecular flexibility index (Phi) is 27.3. The zero-order valence-electron chi connectivity index (χ0n) is 20.8. The van der Waals surface area contributed by atoms with Gasteiger partial charge < -0.3 is 0 Å². The quantitative estimate of drug-likeness (QED) is 0.115. The van der Waals surface area contributed by atoms with Gasteiger partial charge in [0.25, 0.3) is 0 Å². The molecule has 0 aliphatic rings. The van der Waals surface area contributed by atoms with Crippen molar-refractivity contribution in [1.29, 1.82) is 0 Å². The molecule has 0 atom stereocenters. The van der Waals surface area contributed by atoms with Crippen molar-refractivity contribution >= 4 is 0 Å². The summed E-state index contributed by atoms with van der Waals surface area (Å²) in [5.41, 5.74) is 0. The van der Waals surface area contributed by atoms with E-state index in [4.69, 9.17) is 6.42 Å². The monoisotopic (exact) mass is 414 g/mol. The fourth-order valence-corrected chi connectivity index (χ4v) is 4.13. The molecule has 0 unspecified atom stereocenters. The molecule has 30 heavy (non-hydrogen) atoms. The summed E-state index contributed by atoms with van der Waals surface area (Å²) in [6, 6.07) is 0. The molecule has 174 valence electrons. The van der Waals surface area contributed by atoms with E-state index >= 15 is 0 Å². The number of unbranched alkanes of at least 4 members (excludes halogenated alkanes) is 23. The SMILES string of the molecule is C#CCCC#CCCCCCCCCCCCCCCCCCCCCCCCC. The van der Waals surface area contributed by atoms with Crippen LogP contribution in [0.15, 0.2) is 0 Å². The Morgan fingerprint density at radius 3 is 1.00 bits per heavy atom. The van der Waals surface area contributed by atoms with Crippen LogP contribution in [0.3, 0.4) is 0 Å². The van der Waals surface area contributed by atoms with Crippen molar-refractivity contribution in [3.63, 3.8) is 0 Å². The summed E-state index contributed by atoms with van der Waals surface area (Å²) in [6.45, 7) is 2.30.